The van der Waals surface area contributed by atoms with Crippen molar-refractivity contribution in [2.75, 3.05) is 19.8 Å². The lowest BCUT2D eigenvalue weighted by atomic mass is 10.1. The van der Waals surface area contributed by atoms with Crippen LogP contribution in [0.25, 0.3) is 0 Å². The zero-order valence-electron chi connectivity index (χ0n) is 11.7. The molecule has 0 aromatic carbocycles. The average molecular weight is 241 g/mol. The zero-order chi connectivity index (χ0) is 12.2. The van der Waals surface area contributed by atoms with Crippen LogP contribution in [0.1, 0.15) is 71.1 Å². The minimum Gasteiger partial charge on any atom is -0.380 e. The molecule has 1 aliphatic rings. The van der Waals surface area contributed by atoms with E-state index in [1.54, 1.807) is 0 Å². The molecule has 1 N–H and O–H groups in total. The summed E-state index contributed by atoms with van der Waals surface area (Å²) in [5, 5.41) is 3.61. The first kappa shape index (κ1) is 15.0. The normalized spacial score (nSPS) is 20.6. The Bertz CT molecular complexity index is 155. The maximum absolute atomic E-state index is 5.45. The largest absolute Gasteiger partial charge is 0.380 e. The number of unbranched alkanes of at least 4 members (excludes halogenated alkanes) is 7. The third kappa shape index (κ3) is 8.62. The fourth-order valence-corrected chi connectivity index (χ4v) is 2.47. The van der Waals surface area contributed by atoms with Gasteiger partial charge in [0, 0.05) is 12.6 Å². The van der Waals surface area contributed by atoms with Gasteiger partial charge in [-0.3, -0.25) is 0 Å². The predicted molar refractivity (Wildman–Crippen MR) is 74.5 cm³/mol. The number of nitrogens with one attached hydrogen (secondary N) is 1. The third-order valence-corrected chi connectivity index (χ3v) is 3.62. The predicted octanol–water partition coefficient (Wildman–Crippen LogP) is 3.90. The topological polar surface area (TPSA) is 21.3 Å². The summed E-state index contributed by atoms with van der Waals surface area (Å²) >= 11 is 0. The van der Waals surface area contributed by atoms with Crippen molar-refractivity contribution in [3.05, 3.63) is 0 Å². The van der Waals surface area contributed by atoms with Gasteiger partial charge in [-0.05, 0) is 25.8 Å². The smallest absolute Gasteiger partial charge is 0.0619 e. The van der Waals surface area contributed by atoms with E-state index >= 15 is 0 Å². The van der Waals surface area contributed by atoms with Gasteiger partial charge in [0.05, 0.1) is 6.61 Å². The van der Waals surface area contributed by atoms with E-state index in [9.17, 15) is 0 Å². The molecule has 0 aliphatic carbocycles. The molecule has 102 valence electrons. The summed E-state index contributed by atoms with van der Waals surface area (Å²) in [6.45, 7) is 5.36. The second kappa shape index (κ2) is 11.0. The van der Waals surface area contributed by atoms with Gasteiger partial charge < -0.3 is 10.1 Å². The molecule has 2 nitrogen and oxygen atoms in total. The third-order valence-electron chi connectivity index (χ3n) is 3.62. The van der Waals surface area contributed by atoms with E-state index in [0.29, 0.717) is 6.04 Å². The summed E-state index contributed by atoms with van der Waals surface area (Å²) in [5.41, 5.74) is 0. The van der Waals surface area contributed by atoms with Gasteiger partial charge in [0.25, 0.3) is 0 Å². The lowest BCUT2D eigenvalue weighted by molar-refractivity contribution is 0.0704. The van der Waals surface area contributed by atoms with Crippen LogP contribution in [0, 0.1) is 0 Å². The Kier molecular flexibility index (Phi) is 9.72. The number of hydrogen-bond acceptors (Lipinski definition) is 2. The highest BCUT2D eigenvalue weighted by molar-refractivity contribution is 4.69. The minimum absolute atomic E-state index is 0.633. The van der Waals surface area contributed by atoms with Crippen molar-refractivity contribution < 1.29 is 4.74 Å². The first-order valence-electron chi connectivity index (χ1n) is 7.74. The Labute approximate surface area is 108 Å². The molecule has 0 bridgehead atoms. The first-order valence-corrected chi connectivity index (χ1v) is 7.74. The molecular weight excluding hydrogens is 210 g/mol. The van der Waals surface area contributed by atoms with Crippen molar-refractivity contribution in [1.29, 1.82) is 0 Å². The highest BCUT2D eigenvalue weighted by Gasteiger charge is 2.11. The Morgan fingerprint density at radius 1 is 1.00 bits per heavy atom. The van der Waals surface area contributed by atoms with Gasteiger partial charge in [-0.15, -0.1) is 0 Å². The Hall–Kier alpha value is -0.0800. The molecule has 0 spiro atoms. The maximum atomic E-state index is 5.45. The summed E-state index contributed by atoms with van der Waals surface area (Å²) < 4.78 is 5.45. The monoisotopic (exact) mass is 241 g/mol. The van der Waals surface area contributed by atoms with Gasteiger partial charge in [-0.25, -0.2) is 0 Å². The highest BCUT2D eigenvalue weighted by Crippen LogP contribution is 2.09. The molecule has 1 rings (SSSR count). The summed E-state index contributed by atoms with van der Waals surface area (Å²) in [6, 6.07) is 0.633. The Balaban J connectivity index is 1.75. The van der Waals surface area contributed by atoms with Crippen LogP contribution in [0.2, 0.25) is 0 Å². The van der Waals surface area contributed by atoms with Crippen LogP contribution in [0.5, 0.6) is 0 Å². The highest BCUT2D eigenvalue weighted by atomic mass is 16.5. The van der Waals surface area contributed by atoms with Crippen LogP contribution >= 0.6 is 0 Å². The molecular formula is C15H31NO. The molecule has 2 heteroatoms. The van der Waals surface area contributed by atoms with E-state index in [2.05, 4.69) is 12.2 Å². The molecule has 1 atom stereocenters. The molecule has 0 amide bonds. The molecule has 1 fully saturated rings. The van der Waals surface area contributed by atoms with Crippen LogP contribution in [0.15, 0.2) is 0 Å². The Morgan fingerprint density at radius 3 is 2.35 bits per heavy atom. The molecule has 1 saturated heterocycles. The van der Waals surface area contributed by atoms with E-state index in [4.69, 9.17) is 4.74 Å². The van der Waals surface area contributed by atoms with Gasteiger partial charge in [-0.1, -0.05) is 51.9 Å². The molecule has 17 heavy (non-hydrogen) atoms. The van der Waals surface area contributed by atoms with Crippen LogP contribution in [-0.2, 0) is 4.74 Å². The lowest BCUT2D eigenvalue weighted by Crippen LogP contribution is -2.37. The van der Waals surface area contributed by atoms with E-state index in [1.807, 2.05) is 0 Å². The van der Waals surface area contributed by atoms with Crippen molar-refractivity contribution in [2.24, 2.45) is 0 Å². The van der Waals surface area contributed by atoms with Crippen molar-refractivity contribution in [2.45, 2.75) is 77.2 Å². The standard InChI is InChI=1S/C15H31NO/c1-2-3-4-5-6-7-8-9-12-16-15-11-10-13-17-14-15/h15-16H,2-14H2,1H3. The van der Waals surface area contributed by atoms with E-state index < -0.39 is 0 Å². The second-order valence-electron chi connectivity index (χ2n) is 5.34. The molecule has 1 unspecified atom stereocenters. The number of rotatable bonds is 10. The zero-order valence-corrected chi connectivity index (χ0v) is 11.7. The van der Waals surface area contributed by atoms with Crippen LogP contribution in [-0.4, -0.2) is 25.8 Å². The minimum atomic E-state index is 0.633. The van der Waals surface area contributed by atoms with E-state index in [-0.39, 0.29) is 0 Å². The van der Waals surface area contributed by atoms with E-state index in [0.717, 1.165) is 13.2 Å². The molecule has 1 aliphatic heterocycles. The summed E-state index contributed by atoms with van der Waals surface area (Å²) in [6.07, 6.45) is 13.8. The molecule has 0 saturated carbocycles. The number of hydrogen-bond donors (Lipinski definition) is 1. The summed E-state index contributed by atoms with van der Waals surface area (Å²) in [7, 11) is 0. The van der Waals surface area contributed by atoms with Gasteiger partial charge in [0.15, 0.2) is 0 Å². The van der Waals surface area contributed by atoms with Crippen LogP contribution < -0.4 is 5.32 Å². The second-order valence-corrected chi connectivity index (χ2v) is 5.34. The molecule has 0 aromatic rings. The van der Waals surface area contributed by atoms with Gasteiger partial charge in [0.1, 0.15) is 0 Å². The lowest BCUT2D eigenvalue weighted by Gasteiger charge is -2.23. The van der Waals surface area contributed by atoms with Crippen molar-refractivity contribution in [1.82, 2.24) is 5.32 Å². The maximum Gasteiger partial charge on any atom is 0.0619 e. The first-order chi connectivity index (χ1) is 8.43. The van der Waals surface area contributed by atoms with Crippen LogP contribution in [0.4, 0.5) is 0 Å². The number of ether oxygens (including phenoxy) is 1. The summed E-state index contributed by atoms with van der Waals surface area (Å²) in [4.78, 5) is 0. The molecule has 0 aromatic heterocycles. The van der Waals surface area contributed by atoms with Gasteiger partial charge in [-0.2, -0.15) is 0 Å². The van der Waals surface area contributed by atoms with Crippen molar-refractivity contribution >= 4 is 0 Å². The van der Waals surface area contributed by atoms with Gasteiger partial charge in [0.2, 0.25) is 0 Å². The summed E-state index contributed by atoms with van der Waals surface area (Å²) in [5.74, 6) is 0. The Morgan fingerprint density at radius 2 is 1.71 bits per heavy atom. The average Bonchev–Trinajstić information content (AvgIpc) is 2.38. The van der Waals surface area contributed by atoms with Crippen molar-refractivity contribution in [3.63, 3.8) is 0 Å². The molecule has 0 radical (unpaired) electrons. The quantitative estimate of drug-likeness (QED) is 0.586. The van der Waals surface area contributed by atoms with Gasteiger partial charge >= 0.3 is 0 Å². The fraction of sp³-hybridized carbons (Fsp3) is 1.00. The van der Waals surface area contributed by atoms with Crippen molar-refractivity contribution in [3.8, 4) is 0 Å². The SMILES string of the molecule is CCCCCCCCCCNC1CCCOC1. The fourth-order valence-electron chi connectivity index (χ4n) is 2.47. The molecule has 1 heterocycles. The van der Waals surface area contributed by atoms with E-state index in [1.165, 1.54) is 70.8 Å². The van der Waals surface area contributed by atoms with Crippen LogP contribution in [0.3, 0.4) is 0 Å².